The van der Waals surface area contributed by atoms with Crippen LogP contribution in [0.1, 0.15) is 12.6 Å². The van der Waals surface area contributed by atoms with Crippen LogP contribution < -0.4 is 5.43 Å². The lowest BCUT2D eigenvalue weighted by Crippen LogP contribution is -2.26. The van der Waals surface area contributed by atoms with E-state index < -0.39 is 0 Å². The average molecular weight is 320 g/mol. The van der Waals surface area contributed by atoms with Crippen molar-refractivity contribution in [2.75, 3.05) is 0 Å². The van der Waals surface area contributed by atoms with Gasteiger partial charge in [0.2, 0.25) is 0 Å². The van der Waals surface area contributed by atoms with Crippen LogP contribution in [0.2, 0.25) is 5.02 Å². The van der Waals surface area contributed by atoms with Crippen LogP contribution in [-0.2, 0) is 4.79 Å². The van der Waals surface area contributed by atoms with Crippen molar-refractivity contribution in [3.05, 3.63) is 59.4 Å². The fraction of sp³-hybridized carbons (Fsp3) is 0.133. The van der Waals surface area contributed by atoms with Gasteiger partial charge in [-0.3, -0.25) is 9.78 Å². The van der Waals surface area contributed by atoms with Gasteiger partial charge in [0.25, 0.3) is 5.91 Å². The molecule has 0 saturated carbocycles. The van der Waals surface area contributed by atoms with Gasteiger partial charge in [-0.2, -0.15) is 5.10 Å². The standard InChI is InChI=1S/C15H14ClN3OS/c1-11(21-14-7-5-12(16)6-8-14)15(20)19-18-10-13-4-2-3-9-17-13/h2-11H,1H3,(H,19,20)/b18-10-/t11-/m1/s1. The molecule has 0 radical (unpaired) electrons. The molecule has 1 aromatic heterocycles. The number of thioether (sulfide) groups is 1. The number of pyridine rings is 1. The maximum atomic E-state index is 11.9. The molecule has 0 aliphatic rings. The minimum atomic E-state index is -0.257. The van der Waals surface area contributed by atoms with Crippen molar-refractivity contribution >= 4 is 35.5 Å². The van der Waals surface area contributed by atoms with E-state index in [2.05, 4.69) is 15.5 Å². The summed E-state index contributed by atoms with van der Waals surface area (Å²) in [5, 5.41) is 4.32. The first-order valence-corrected chi connectivity index (χ1v) is 7.57. The first kappa shape index (κ1) is 15.5. The van der Waals surface area contributed by atoms with E-state index in [1.807, 2.05) is 37.3 Å². The number of aromatic nitrogens is 1. The predicted octanol–water partition coefficient (Wildman–Crippen LogP) is 3.37. The molecule has 2 rings (SSSR count). The van der Waals surface area contributed by atoms with Gasteiger partial charge in [-0.15, -0.1) is 11.8 Å². The Morgan fingerprint density at radius 2 is 2.10 bits per heavy atom. The van der Waals surface area contributed by atoms with Gasteiger partial charge in [0.15, 0.2) is 0 Å². The van der Waals surface area contributed by atoms with Crippen molar-refractivity contribution < 1.29 is 4.79 Å². The molecule has 0 saturated heterocycles. The van der Waals surface area contributed by atoms with Crippen LogP contribution in [0.5, 0.6) is 0 Å². The van der Waals surface area contributed by atoms with Crippen molar-refractivity contribution in [2.45, 2.75) is 17.1 Å². The quantitative estimate of drug-likeness (QED) is 0.522. The van der Waals surface area contributed by atoms with Crippen LogP contribution in [0.15, 0.2) is 58.7 Å². The SMILES string of the molecule is C[C@@H](Sc1ccc(Cl)cc1)C(=O)N/N=C\c1ccccn1. The van der Waals surface area contributed by atoms with E-state index in [1.54, 1.807) is 18.3 Å². The number of nitrogens with one attached hydrogen (secondary N) is 1. The van der Waals surface area contributed by atoms with Crippen LogP contribution in [0.4, 0.5) is 0 Å². The molecule has 1 aromatic carbocycles. The lowest BCUT2D eigenvalue weighted by Gasteiger charge is -2.09. The summed E-state index contributed by atoms with van der Waals surface area (Å²) < 4.78 is 0. The van der Waals surface area contributed by atoms with E-state index in [4.69, 9.17) is 11.6 Å². The van der Waals surface area contributed by atoms with Gasteiger partial charge in [0.1, 0.15) is 0 Å². The highest BCUT2D eigenvalue weighted by Gasteiger charge is 2.13. The van der Waals surface area contributed by atoms with Crippen molar-refractivity contribution in [1.29, 1.82) is 0 Å². The summed E-state index contributed by atoms with van der Waals surface area (Å²) in [4.78, 5) is 17.0. The number of hydrogen-bond donors (Lipinski definition) is 1. The third kappa shape index (κ3) is 5.21. The van der Waals surface area contributed by atoms with Crippen molar-refractivity contribution in [3.8, 4) is 0 Å². The zero-order chi connectivity index (χ0) is 15.1. The molecule has 108 valence electrons. The first-order valence-electron chi connectivity index (χ1n) is 6.31. The molecule has 0 bridgehead atoms. The number of hydrazone groups is 1. The highest BCUT2D eigenvalue weighted by Crippen LogP contribution is 2.24. The summed E-state index contributed by atoms with van der Waals surface area (Å²) in [7, 11) is 0. The number of halogens is 1. The number of benzene rings is 1. The van der Waals surface area contributed by atoms with E-state index in [1.165, 1.54) is 18.0 Å². The highest BCUT2D eigenvalue weighted by atomic mass is 35.5. The third-order valence-corrected chi connectivity index (χ3v) is 3.92. The number of carbonyl (C=O) groups is 1. The number of carbonyl (C=O) groups excluding carboxylic acids is 1. The Balaban J connectivity index is 1.85. The molecule has 0 unspecified atom stereocenters. The largest absolute Gasteiger partial charge is 0.272 e. The van der Waals surface area contributed by atoms with E-state index in [0.717, 1.165) is 4.90 Å². The second kappa shape index (κ2) is 7.81. The van der Waals surface area contributed by atoms with Crippen LogP contribution in [0.3, 0.4) is 0 Å². The number of amides is 1. The maximum absolute atomic E-state index is 11.9. The third-order valence-electron chi connectivity index (χ3n) is 2.56. The molecular formula is C15H14ClN3OS. The minimum Gasteiger partial charge on any atom is -0.272 e. The maximum Gasteiger partial charge on any atom is 0.253 e. The Morgan fingerprint density at radius 1 is 1.33 bits per heavy atom. The van der Waals surface area contributed by atoms with Crippen LogP contribution >= 0.6 is 23.4 Å². The molecule has 0 aliphatic heterocycles. The Hall–Kier alpha value is -1.85. The Bertz CT molecular complexity index is 617. The van der Waals surface area contributed by atoms with Gasteiger partial charge in [-0.25, -0.2) is 5.43 Å². The van der Waals surface area contributed by atoms with Crippen molar-refractivity contribution in [1.82, 2.24) is 10.4 Å². The molecule has 1 amide bonds. The summed E-state index contributed by atoms with van der Waals surface area (Å²) in [5.41, 5.74) is 3.20. The zero-order valence-corrected chi connectivity index (χ0v) is 12.9. The van der Waals surface area contributed by atoms with Gasteiger partial charge in [-0.1, -0.05) is 17.7 Å². The number of nitrogens with zero attached hydrogens (tertiary/aromatic N) is 2. The zero-order valence-electron chi connectivity index (χ0n) is 11.4. The Morgan fingerprint density at radius 3 is 2.76 bits per heavy atom. The van der Waals surface area contributed by atoms with Gasteiger partial charge >= 0.3 is 0 Å². The van der Waals surface area contributed by atoms with Gasteiger partial charge in [-0.05, 0) is 43.3 Å². The van der Waals surface area contributed by atoms with Gasteiger partial charge < -0.3 is 0 Å². The van der Waals surface area contributed by atoms with Gasteiger partial charge in [0.05, 0.1) is 17.2 Å². The Labute approximate surface area is 132 Å². The molecule has 0 aliphatic carbocycles. The number of hydrogen-bond acceptors (Lipinski definition) is 4. The molecule has 21 heavy (non-hydrogen) atoms. The average Bonchev–Trinajstić information content (AvgIpc) is 2.50. The summed E-state index contributed by atoms with van der Waals surface area (Å²) in [5.74, 6) is -0.165. The molecule has 1 N–H and O–H groups in total. The van der Waals surface area contributed by atoms with E-state index in [0.29, 0.717) is 10.7 Å². The van der Waals surface area contributed by atoms with Crippen LogP contribution in [0, 0.1) is 0 Å². The molecule has 0 fully saturated rings. The molecule has 1 heterocycles. The topological polar surface area (TPSA) is 54.4 Å². The van der Waals surface area contributed by atoms with Crippen molar-refractivity contribution in [2.24, 2.45) is 5.10 Å². The fourth-order valence-corrected chi connectivity index (χ4v) is 2.46. The fourth-order valence-electron chi connectivity index (χ4n) is 1.48. The molecular weight excluding hydrogens is 306 g/mol. The van der Waals surface area contributed by atoms with E-state index >= 15 is 0 Å². The van der Waals surface area contributed by atoms with Crippen LogP contribution in [0.25, 0.3) is 0 Å². The van der Waals surface area contributed by atoms with Gasteiger partial charge in [0, 0.05) is 16.1 Å². The second-order valence-corrected chi connectivity index (χ2v) is 6.05. The van der Waals surface area contributed by atoms with E-state index in [9.17, 15) is 4.79 Å². The van der Waals surface area contributed by atoms with Crippen molar-refractivity contribution in [3.63, 3.8) is 0 Å². The minimum absolute atomic E-state index is 0.165. The summed E-state index contributed by atoms with van der Waals surface area (Å²) >= 11 is 7.27. The van der Waals surface area contributed by atoms with Crippen LogP contribution in [-0.4, -0.2) is 22.4 Å². The normalized spacial score (nSPS) is 12.3. The highest BCUT2D eigenvalue weighted by molar-refractivity contribution is 8.00. The lowest BCUT2D eigenvalue weighted by atomic mass is 10.4. The molecule has 6 heteroatoms. The second-order valence-electron chi connectivity index (χ2n) is 4.20. The predicted molar refractivity (Wildman–Crippen MR) is 86.7 cm³/mol. The lowest BCUT2D eigenvalue weighted by molar-refractivity contribution is -0.120. The number of rotatable bonds is 5. The Kier molecular flexibility index (Phi) is 5.78. The molecule has 2 aromatic rings. The molecule has 4 nitrogen and oxygen atoms in total. The smallest absolute Gasteiger partial charge is 0.253 e. The van der Waals surface area contributed by atoms with E-state index in [-0.39, 0.29) is 11.2 Å². The first-order chi connectivity index (χ1) is 10.1. The summed E-state index contributed by atoms with van der Waals surface area (Å²) in [6.45, 7) is 1.82. The molecule has 1 atom stereocenters. The molecule has 0 spiro atoms. The summed E-state index contributed by atoms with van der Waals surface area (Å²) in [6, 6.07) is 12.8. The summed E-state index contributed by atoms with van der Waals surface area (Å²) in [6.07, 6.45) is 3.18. The monoisotopic (exact) mass is 319 g/mol.